The van der Waals surface area contributed by atoms with Crippen LogP contribution in [0.3, 0.4) is 0 Å². The molecule has 0 saturated carbocycles. The molecule has 5 heteroatoms. The molecule has 1 aromatic rings. The number of rotatable bonds is 1. The average molecular weight is 419 g/mol. The van der Waals surface area contributed by atoms with Crippen molar-refractivity contribution in [2.75, 3.05) is 0 Å². The molecule has 0 bridgehead atoms. The van der Waals surface area contributed by atoms with Gasteiger partial charge in [0.05, 0.1) is 13.9 Å². The van der Waals surface area contributed by atoms with Crippen molar-refractivity contribution < 1.29 is 0 Å². The van der Waals surface area contributed by atoms with E-state index >= 15 is 0 Å². The lowest BCUT2D eigenvalue weighted by Gasteiger charge is -2.12. The van der Waals surface area contributed by atoms with Gasteiger partial charge in [0.25, 0.3) is 0 Å². The summed E-state index contributed by atoms with van der Waals surface area (Å²) < 4.78 is 2.45. The summed E-state index contributed by atoms with van der Waals surface area (Å²) in [5.41, 5.74) is 1.37. The molecule has 1 aliphatic heterocycles. The Kier molecular flexibility index (Phi) is 3.86. The van der Waals surface area contributed by atoms with Gasteiger partial charge in [-0.05, 0) is 56.5 Å². The Morgan fingerprint density at radius 2 is 2.07 bits per heavy atom. The summed E-state index contributed by atoms with van der Waals surface area (Å²) in [5.74, 6) is 0. The van der Waals surface area contributed by atoms with Crippen LogP contribution in [-0.2, 0) is 0 Å². The summed E-state index contributed by atoms with van der Waals surface area (Å²) in [7, 11) is 0. The number of aryl methyl sites for hydroxylation is 1. The van der Waals surface area contributed by atoms with Crippen LogP contribution in [0.4, 0.5) is 0 Å². The van der Waals surface area contributed by atoms with Gasteiger partial charge in [0.2, 0.25) is 0 Å². The molecular weight excluding hydrogens is 412 g/mol. The van der Waals surface area contributed by atoms with E-state index < -0.39 is 0 Å². The Bertz CT molecular complexity index is 383. The number of halogens is 3. The van der Waals surface area contributed by atoms with Crippen molar-refractivity contribution in [2.24, 2.45) is 0 Å². The van der Waals surface area contributed by atoms with Crippen LogP contribution >= 0.6 is 70.9 Å². The third-order valence-corrected chi connectivity index (χ3v) is 7.09. The monoisotopic (exact) mass is 416 g/mol. The largest absolute Gasteiger partial charge is 0.132 e. The van der Waals surface area contributed by atoms with Crippen LogP contribution in [0.25, 0.3) is 0 Å². The lowest BCUT2D eigenvalue weighted by Crippen LogP contribution is -2.00. The number of thiophene rings is 1. The third-order valence-electron chi connectivity index (χ3n) is 2.00. The van der Waals surface area contributed by atoms with Crippen LogP contribution in [0.2, 0.25) is 0 Å². The molecular formula is C9H7Br3S2. The van der Waals surface area contributed by atoms with E-state index in [0.717, 1.165) is 0 Å². The fourth-order valence-corrected chi connectivity index (χ4v) is 6.87. The van der Waals surface area contributed by atoms with E-state index in [2.05, 4.69) is 66.9 Å². The third kappa shape index (κ3) is 2.32. The molecule has 2 rings (SSSR count). The summed E-state index contributed by atoms with van der Waals surface area (Å²) in [6.45, 7) is 2.17. The Balaban J connectivity index is 2.29. The second-order valence-electron chi connectivity index (χ2n) is 3.05. The maximum atomic E-state index is 3.69. The predicted octanol–water partition coefficient (Wildman–Crippen LogP) is 5.61. The molecule has 0 spiro atoms. The predicted molar refractivity (Wildman–Crippen MR) is 76.8 cm³/mol. The highest BCUT2D eigenvalue weighted by Gasteiger charge is 2.29. The Morgan fingerprint density at radius 1 is 1.36 bits per heavy atom. The van der Waals surface area contributed by atoms with Gasteiger partial charge in [-0.25, -0.2) is 0 Å². The number of hydrogen-bond acceptors (Lipinski definition) is 2. The summed E-state index contributed by atoms with van der Waals surface area (Å²) in [5, 5.41) is 0.515. The smallest absolute Gasteiger partial charge is 0.0704 e. The molecule has 2 unspecified atom stereocenters. The molecule has 0 N–H and O–H groups in total. The van der Waals surface area contributed by atoms with Gasteiger partial charge in [-0.15, -0.1) is 23.1 Å². The second kappa shape index (κ2) is 4.62. The molecule has 14 heavy (non-hydrogen) atoms. The SMILES string of the molecule is Cc1cc(Br)sc1C1SC(Br)=CC1Br. The van der Waals surface area contributed by atoms with E-state index in [0.29, 0.717) is 10.1 Å². The Morgan fingerprint density at radius 3 is 2.50 bits per heavy atom. The zero-order chi connectivity index (χ0) is 10.3. The normalized spacial score (nSPS) is 26.7. The van der Waals surface area contributed by atoms with Crippen molar-refractivity contribution in [2.45, 2.75) is 17.0 Å². The minimum atomic E-state index is 0.436. The number of thioether (sulfide) groups is 1. The highest BCUT2D eigenvalue weighted by atomic mass is 79.9. The van der Waals surface area contributed by atoms with Crippen LogP contribution in [0.1, 0.15) is 15.7 Å². The van der Waals surface area contributed by atoms with Gasteiger partial charge in [0.15, 0.2) is 0 Å². The summed E-state index contributed by atoms with van der Waals surface area (Å²) in [6.07, 6.45) is 2.21. The Hall–Kier alpha value is 1.23. The van der Waals surface area contributed by atoms with E-state index in [1.54, 1.807) is 0 Å². The fraction of sp³-hybridized carbons (Fsp3) is 0.333. The van der Waals surface area contributed by atoms with E-state index in [1.165, 1.54) is 18.0 Å². The van der Waals surface area contributed by atoms with Crippen molar-refractivity contribution >= 4 is 70.9 Å². The van der Waals surface area contributed by atoms with Crippen LogP contribution in [0.15, 0.2) is 19.7 Å². The molecule has 1 aromatic heterocycles. The van der Waals surface area contributed by atoms with Crippen molar-refractivity contribution in [3.05, 3.63) is 30.2 Å². The van der Waals surface area contributed by atoms with Crippen LogP contribution in [-0.4, -0.2) is 4.83 Å². The molecule has 2 heterocycles. The van der Waals surface area contributed by atoms with E-state index in [-0.39, 0.29) is 0 Å². The van der Waals surface area contributed by atoms with Crippen LogP contribution in [0, 0.1) is 6.92 Å². The highest BCUT2D eigenvalue weighted by molar-refractivity contribution is 9.14. The zero-order valence-corrected chi connectivity index (χ0v) is 13.7. The van der Waals surface area contributed by atoms with Crippen molar-refractivity contribution in [1.82, 2.24) is 0 Å². The van der Waals surface area contributed by atoms with Crippen LogP contribution < -0.4 is 0 Å². The van der Waals surface area contributed by atoms with Gasteiger partial charge in [-0.3, -0.25) is 0 Å². The molecule has 1 aliphatic rings. The van der Waals surface area contributed by atoms with Gasteiger partial charge in [0, 0.05) is 8.69 Å². The molecule has 76 valence electrons. The molecule has 0 radical (unpaired) electrons. The number of alkyl halides is 1. The lowest BCUT2D eigenvalue weighted by molar-refractivity contribution is 1.04. The number of allylic oxidation sites excluding steroid dienone is 1. The molecule has 0 nitrogen and oxygen atoms in total. The summed E-state index contributed by atoms with van der Waals surface area (Å²) in [4.78, 5) is 1.89. The minimum absolute atomic E-state index is 0.436. The standard InChI is InChI=1S/C9H7Br3S2/c1-4-2-6(11)13-8(4)9-5(10)3-7(12)14-9/h2-3,5,9H,1H3. The molecule has 0 amide bonds. The second-order valence-corrected chi connectivity index (χ2v) is 9.13. The molecule has 0 fully saturated rings. The average Bonchev–Trinajstić information content (AvgIpc) is 2.55. The summed E-state index contributed by atoms with van der Waals surface area (Å²) >= 11 is 14.5. The van der Waals surface area contributed by atoms with Gasteiger partial charge in [0.1, 0.15) is 0 Å². The Labute approximate surface area is 117 Å². The van der Waals surface area contributed by atoms with E-state index in [9.17, 15) is 0 Å². The van der Waals surface area contributed by atoms with E-state index in [1.807, 2.05) is 23.1 Å². The zero-order valence-electron chi connectivity index (χ0n) is 7.26. The van der Waals surface area contributed by atoms with Gasteiger partial charge in [-0.2, -0.15) is 0 Å². The van der Waals surface area contributed by atoms with Gasteiger partial charge < -0.3 is 0 Å². The van der Waals surface area contributed by atoms with Crippen molar-refractivity contribution in [1.29, 1.82) is 0 Å². The first kappa shape index (κ1) is 11.7. The van der Waals surface area contributed by atoms with Gasteiger partial charge in [-0.1, -0.05) is 15.9 Å². The molecule has 0 saturated heterocycles. The first-order chi connectivity index (χ1) is 6.58. The van der Waals surface area contributed by atoms with Crippen molar-refractivity contribution in [3.8, 4) is 0 Å². The maximum absolute atomic E-state index is 3.69. The number of hydrogen-bond donors (Lipinski definition) is 0. The molecule has 2 atom stereocenters. The minimum Gasteiger partial charge on any atom is -0.132 e. The lowest BCUT2D eigenvalue weighted by atomic mass is 10.2. The van der Waals surface area contributed by atoms with E-state index in [4.69, 9.17) is 0 Å². The van der Waals surface area contributed by atoms with Gasteiger partial charge >= 0.3 is 0 Å². The quantitative estimate of drug-likeness (QED) is 0.534. The highest BCUT2D eigenvalue weighted by Crippen LogP contribution is 2.52. The topological polar surface area (TPSA) is 0 Å². The summed E-state index contributed by atoms with van der Waals surface area (Å²) in [6, 6.07) is 2.19. The van der Waals surface area contributed by atoms with Crippen LogP contribution in [0.5, 0.6) is 0 Å². The van der Waals surface area contributed by atoms with Crippen molar-refractivity contribution in [3.63, 3.8) is 0 Å². The molecule has 0 aliphatic carbocycles. The first-order valence-corrected chi connectivity index (χ1v) is 8.21. The molecule has 0 aromatic carbocycles. The first-order valence-electron chi connectivity index (χ1n) is 4.02. The fourth-order valence-electron chi connectivity index (χ4n) is 1.38. The maximum Gasteiger partial charge on any atom is 0.0704 e.